The predicted octanol–water partition coefficient (Wildman–Crippen LogP) is 0.362. The highest BCUT2D eigenvalue weighted by Gasteiger charge is 2.19. The minimum Gasteiger partial charge on any atom is -0.423 e. The first-order chi connectivity index (χ1) is 8.95. The van der Waals surface area contributed by atoms with Crippen molar-refractivity contribution in [3.63, 3.8) is 0 Å². The molecular formula is C13H21BFNO3. The predicted molar refractivity (Wildman–Crippen MR) is 73.6 cm³/mol. The van der Waals surface area contributed by atoms with Gasteiger partial charge in [-0.05, 0) is 37.0 Å². The molecule has 0 unspecified atom stereocenters. The summed E-state index contributed by atoms with van der Waals surface area (Å²) in [7, 11) is -0.0265. The van der Waals surface area contributed by atoms with Crippen LogP contribution in [-0.2, 0) is 11.3 Å². The zero-order valence-corrected chi connectivity index (χ0v) is 11.6. The lowest BCUT2D eigenvalue weighted by molar-refractivity contribution is 0.125. The van der Waals surface area contributed by atoms with Crippen molar-refractivity contribution in [2.24, 2.45) is 0 Å². The van der Waals surface area contributed by atoms with Crippen LogP contribution in [0.1, 0.15) is 19.4 Å². The molecule has 1 aromatic carbocycles. The van der Waals surface area contributed by atoms with Gasteiger partial charge in [-0.15, -0.1) is 0 Å². The molecule has 0 aliphatic heterocycles. The lowest BCUT2D eigenvalue weighted by Gasteiger charge is -2.27. The summed E-state index contributed by atoms with van der Waals surface area (Å²) in [4.78, 5) is 2.13. The first-order valence-electron chi connectivity index (χ1n) is 6.33. The Morgan fingerprint density at radius 3 is 2.58 bits per heavy atom. The second-order valence-corrected chi connectivity index (χ2v) is 4.77. The zero-order valence-electron chi connectivity index (χ0n) is 11.6. The third-order valence-corrected chi connectivity index (χ3v) is 3.07. The van der Waals surface area contributed by atoms with Gasteiger partial charge in [-0.25, -0.2) is 4.39 Å². The van der Waals surface area contributed by atoms with Crippen LogP contribution in [0.25, 0.3) is 0 Å². The normalized spacial score (nSPS) is 11.4. The number of hydrogen-bond donors (Lipinski definition) is 2. The number of methoxy groups -OCH3 is 1. The smallest absolute Gasteiger partial charge is 0.423 e. The molecule has 0 aliphatic rings. The monoisotopic (exact) mass is 269 g/mol. The van der Waals surface area contributed by atoms with Crippen LogP contribution in [0.3, 0.4) is 0 Å². The summed E-state index contributed by atoms with van der Waals surface area (Å²) < 4.78 is 18.2. The molecule has 1 rings (SSSR count). The summed E-state index contributed by atoms with van der Waals surface area (Å²) in [5.74, 6) is -0.472. The van der Waals surface area contributed by atoms with Crippen molar-refractivity contribution in [1.82, 2.24) is 4.90 Å². The molecular weight excluding hydrogens is 248 g/mol. The average molecular weight is 269 g/mol. The summed E-state index contributed by atoms with van der Waals surface area (Å²) >= 11 is 0. The lowest BCUT2D eigenvalue weighted by Crippen LogP contribution is -2.39. The standard InChI is InChI=1S/C13H21BFNO3/c1-10(2)16(6-7-19-3)9-11-4-5-12(15)8-13(11)14(17)18/h4-5,8,10,17-18H,6-7,9H2,1-3H3. The van der Waals surface area contributed by atoms with Crippen LogP contribution < -0.4 is 5.46 Å². The van der Waals surface area contributed by atoms with Crippen molar-refractivity contribution in [2.75, 3.05) is 20.3 Å². The molecule has 19 heavy (non-hydrogen) atoms. The van der Waals surface area contributed by atoms with Crippen LogP contribution in [-0.4, -0.2) is 48.4 Å². The Hall–Kier alpha value is -0.945. The maximum atomic E-state index is 13.2. The first kappa shape index (κ1) is 16.1. The molecule has 0 saturated carbocycles. The van der Waals surface area contributed by atoms with Gasteiger partial charge in [0.25, 0.3) is 0 Å². The number of nitrogens with zero attached hydrogens (tertiary/aromatic N) is 1. The molecule has 6 heteroatoms. The van der Waals surface area contributed by atoms with Crippen molar-refractivity contribution >= 4 is 12.6 Å². The maximum Gasteiger partial charge on any atom is 0.488 e. The molecule has 0 saturated heterocycles. The minimum atomic E-state index is -1.66. The number of hydrogen-bond acceptors (Lipinski definition) is 4. The molecule has 0 radical (unpaired) electrons. The lowest BCUT2D eigenvalue weighted by atomic mass is 9.77. The van der Waals surface area contributed by atoms with Crippen LogP contribution >= 0.6 is 0 Å². The average Bonchev–Trinajstić information content (AvgIpc) is 2.35. The van der Waals surface area contributed by atoms with Crippen molar-refractivity contribution < 1.29 is 19.2 Å². The summed E-state index contributed by atoms with van der Waals surface area (Å²) in [6, 6.07) is 4.36. The van der Waals surface area contributed by atoms with Gasteiger partial charge in [-0.2, -0.15) is 0 Å². The zero-order chi connectivity index (χ0) is 14.4. The molecule has 2 N–H and O–H groups in total. The fourth-order valence-corrected chi connectivity index (χ4v) is 1.90. The fraction of sp³-hybridized carbons (Fsp3) is 0.538. The van der Waals surface area contributed by atoms with Gasteiger partial charge in [0.15, 0.2) is 0 Å². The van der Waals surface area contributed by atoms with Gasteiger partial charge >= 0.3 is 7.12 Å². The van der Waals surface area contributed by atoms with E-state index in [0.717, 1.165) is 12.6 Å². The van der Waals surface area contributed by atoms with E-state index in [1.54, 1.807) is 13.2 Å². The summed E-state index contributed by atoms with van der Waals surface area (Å²) in [6.07, 6.45) is 0. The number of ether oxygens (including phenoxy) is 1. The van der Waals surface area contributed by atoms with E-state index in [2.05, 4.69) is 4.90 Å². The number of halogens is 1. The van der Waals surface area contributed by atoms with Crippen molar-refractivity contribution in [3.8, 4) is 0 Å². The van der Waals surface area contributed by atoms with Crippen LogP contribution in [0.2, 0.25) is 0 Å². The molecule has 0 amide bonds. The Kier molecular flexibility index (Phi) is 6.44. The Morgan fingerprint density at radius 2 is 2.05 bits per heavy atom. The SMILES string of the molecule is COCCN(Cc1ccc(F)cc1B(O)O)C(C)C. The van der Waals surface area contributed by atoms with Gasteiger partial charge < -0.3 is 14.8 Å². The van der Waals surface area contributed by atoms with E-state index in [1.807, 2.05) is 13.8 Å². The molecule has 1 aromatic rings. The van der Waals surface area contributed by atoms with Crippen LogP contribution in [0.5, 0.6) is 0 Å². The van der Waals surface area contributed by atoms with E-state index in [9.17, 15) is 14.4 Å². The van der Waals surface area contributed by atoms with E-state index in [4.69, 9.17) is 4.74 Å². The van der Waals surface area contributed by atoms with Crippen molar-refractivity contribution in [2.45, 2.75) is 26.4 Å². The van der Waals surface area contributed by atoms with E-state index < -0.39 is 12.9 Å². The quantitative estimate of drug-likeness (QED) is 0.702. The Bertz CT molecular complexity index is 401. The van der Waals surface area contributed by atoms with Crippen LogP contribution in [0, 0.1) is 5.82 Å². The third kappa shape index (κ3) is 4.91. The number of benzene rings is 1. The van der Waals surface area contributed by atoms with Gasteiger partial charge in [0.2, 0.25) is 0 Å². The molecule has 0 spiro atoms. The van der Waals surface area contributed by atoms with Gasteiger partial charge in [-0.1, -0.05) is 6.07 Å². The van der Waals surface area contributed by atoms with E-state index >= 15 is 0 Å². The van der Waals surface area contributed by atoms with E-state index in [-0.39, 0.29) is 11.5 Å². The van der Waals surface area contributed by atoms with Gasteiger partial charge in [0.1, 0.15) is 5.82 Å². The molecule has 0 fully saturated rings. The molecule has 106 valence electrons. The summed E-state index contributed by atoms with van der Waals surface area (Å²) in [5.41, 5.74) is 0.921. The highest BCUT2D eigenvalue weighted by molar-refractivity contribution is 6.59. The topological polar surface area (TPSA) is 52.9 Å². The second kappa shape index (κ2) is 7.60. The Morgan fingerprint density at radius 1 is 1.37 bits per heavy atom. The first-order valence-corrected chi connectivity index (χ1v) is 6.33. The third-order valence-electron chi connectivity index (χ3n) is 3.07. The van der Waals surface area contributed by atoms with Crippen molar-refractivity contribution in [1.29, 1.82) is 0 Å². The second-order valence-electron chi connectivity index (χ2n) is 4.77. The molecule has 0 aromatic heterocycles. The molecule has 0 bridgehead atoms. The largest absolute Gasteiger partial charge is 0.488 e. The molecule has 0 atom stereocenters. The Labute approximate surface area is 114 Å². The molecule has 0 aliphatic carbocycles. The minimum absolute atomic E-state index is 0.211. The fourth-order valence-electron chi connectivity index (χ4n) is 1.90. The van der Waals surface area contributed by atoms with Gasteiger partial charge in [-0.3, -0.25) is 4.90 Å². The van der Waals surface area contributed by atoms with E-state index in [1.165, 1.54) is 6.07 Å². The highest BCUT2D eigenvalue weighted by atomic mass is 19.1. The molecule has 4 nitrogen and oxygen atoms in total. The van der Waals surface area contributed by atoms with Crippen molar-refractivity contribution in [3.05, 3.63) is 29.6 Å². The highest BCUT2D eigenvalue weighted by Crippen LogP contribution is 2.08. The maximum absolute atomic E-state index is 13.2. The molecule has 0 heterocycles. The van der Waals surface area contributed by atoms with Gasteiger partial charge in [0, 0.05) is 26.2 Å². The van der Waals surface area contributed by atoms with Crippen LogP contribution in [0.4, 0.5) is 4.39 Å². The number of rotatable bonds is 7. The van der Waals surface area contributed by atoms with Gasteiger partial charge in [0.05, 0.1) is 6.61 Å². The summed E-state index contributed by atoms with van der Waals surface area (Å²) in [5, 5.41) is 18.6. The van der Waals surface area contributed by atoms with Crippen LogP contribution in [0.15, 0.2) is 18.2 Å². The van der Waals surface area contributed by atoms with E-state index in [0.29, 0.717) is 18.7 Å². The summed E-state index contributed by atoms with van der Waals surface area (Å²) in [6.45, 7) is 5.94. The Balaban J connectivity index is 2.89.